The number of rotatable bonds is 5. The van der Waals surface area contributed by atoms with Crippen molar-refractivity contribution >= 4 is 31.9 Å². The second-order valence-electron chi connectivity index (χ2n) is 3.63. The lowest BCUT2D eigenvalue weighted by Gasteiger charge is -2.19. The standard InChI is InChI=1S/C11H15Br2NO/c1-14(8-11(15)6-12)7-9-2-4-10(13)5-3-9/h2-5,11,15H,6-8H2,1H3. The highest BCUT2D eigenvalue weighted by molar-refractivity contribution is 9.10. The molecule has 0 radical (unpaired) electrons. The van der Waals surface area contributed by atoms with Gasteiger partial charge in [-0.2, -0.15) is 0 Å². The molecule has 0 amide bonds. The Morgan fingerprint density at radius 1 is 1.33 bits per heavy atom. The van der Waals surface area contributed by atoms with Crippen molar-refractivity contribution in [1.29, 1.82) is 0 Å². The van der Waals surface area contributed by atoms with Crippen LogP contribution in [0.4, 0.5) is 0 Å². The topological polar surface area (TPSA) is 23.5 Å². The van der Waals surface area contributed by atoms with Gasteiger partial charge in [0.15, 0.2) is 0 Å². The number of aliphatic hydroxyl groups is 1. The zero-order valence-electron chi connectivity index (χ0n) is 8.66. The largest absolute Gasteiger partial charge is 0.391 e. The predicted octanol–water partition coefficient (Wildman–Crippen LogP) is 2.64. The summed E-state index contributed by atoms with van der Waals surface area (Å²) in [6.07, 6.45) is -0.301. The lowest BCUT2D eigenvalue weighted by Crippen LogP contribution is -2.29. The number of hydrogen-bond donors (Lipinski definition) is 1. The summed E-state index contributed by atoms with van der Waals surface area (Å²) in [6, 6.07) is 8.23. The third-order valence-corrected chi connectivity index (χ3v) is 3.34. The maximum absolute atomic E-state index is 9.45. The summed E-state index contributed by atoms with van der Waals surface area (Å²) < 4.78 is 1.09. The number of alkyl halides is 1. The Balaban J connectivity index is 2.44. The van der Waals surface area contributed by atoms with Crippen LogP contribution < -0.4 is 0 Å². The zero-order chi connectivity index (χ0) is 11.3. The summed E-state index contributed by atoms with van der Waals surface area (Å²) in [5.74, 6) is 0. The molecular formula is C11H15Br2NO. The SMILES string of the molecule is CN(Cc1ccc(Br)cc1)CC(O)CBr. The van der Waals surface area contributed by atoms with Crippen LogP contribution in [0.2, 0.25) is 0 Å². The van der Waals surface area contributed by atoms with E-state index in [0.717, 1.165) is 11.0 Å². The molecule has 0 aliphatic rings. The van der Waals surface area contributed by atoms with Gasteiger partial charge in [0.25, 0.3) is 0 Å². The van der Waals surface area contributed by atoms with Crippen LogP contribution in [0.1, 0.15) is 5.56 Å². The first-order chi connectivity index (χ1) is 7.11. The normalized spacial score (nSPS) is 13.1. The fourth-order valence-corrected chi connectivity index (χ4v) is 1.84. The van der Waals surface area contributed by atoms with Crippen molar-refractivity contribution in [2.75, 3.05) is 18.9 Å². The van der Waals surface area contributed by atoms with Gasteiger partial charge >= 0.3 is 0 Å². The Labute approximate surface area is 108 Å². The van der Waals surface area contributed by atoms with Crippen LogP contribution in [-0.4, -0.2) is 35.0 Å². The van der Waals surface area contributed by atoms with Crippen LogP contribution in [0.25, 0.3) is 0 Å². The molecule has 1 aromatic rings. The van der Waals surface area contributed by atoms with E-state index in [-0.39, 0.29) is 6.10 Å². The lowest BCUT2D eigenvalue weighted by molar-refractivity contribution is 0.143. The number of aliphatic hydroxyl groups excluding tert-OH is 1. The highest BCUT2D eigenvalue weighted by atomic mass is 79.9. The zero-order valence-corrected chi connectivity index (χ0v) is 11.8. The highest BCUT2D eigenvalue weighted by Crippen LogP contribution is 2.11. The molecule has 2 nitrogen and oxygen atoms in total. The molecule has 4 heteroatoms. The van der Waals surface area contributed by atoms with Gasteiger partial charge in [-0.3, -0.25) is 4.90 Å². The van der Waals surface area contributed by atoms with E-state index in [2.05, 4.69) is 48.9 Å². The van der Waals surface area contributed by atoms with Gasteiger partial charge < -0.3 is 5.11 Å². The number of nitrogens with zero attached hydrogens (tertiary/aromatic N) is 1. The molecule has 0 bridgehead atoms. The molecule has 1 N–H and O–H groups in total. The van der Waals surface area contributed by atoms with Crippen molar-refractivity contribution in [2.24, 2.45) is 0 Å². The summed E-state index contributed by atoms with van der Waals surface area (Å²) >= 11 is 6.66. The quantitative estimate of drug-likeness (QED) is 0.835. The van der Waals surface area contributed by atoms with Crippen LogP contribution >= 0.6 is 31.9 Å². The highest BCUT2D eigenvalue weighted by Gasteiger charge is 2.06. The predicted molar refractivity (Wildman–Crippen MR) is 70.3 cm³/mol. The Hall–Kier alpha value is 0.1000. The van der Waals surface area contributed by atoms with Crippen LogP contribution in [0.15, 0.2) is 28.7 Å². The minimum atomic E-state index is -0.301. The van der Waals surface area contributed by atoms with Gasteiger partial charge in [0, 0.05) is 22.9 Å². The van der Waals surface area contributed by atoms with Crippen molar-refractivity contribution in [3.05, 3.63) is 34.3 Å². The Kier molecular flexibility index (Phi) is 5.82. The second-order valence-corrected chi connectivity index (χ2v) is 5.19. The van der Waals surface area contributed by atoms with E-state index in [1.165, 1.54) is 5.56 Å². The smallest absolute Gasteiger partial charge is 0.0763 e. The lowest BCUT2D eigenvalue weighted by atomic mass is 10.2. The first-order valence-electron chi connectivity index (χ1n) is 4.79. The van der Waals surface area contributed by atoms with Gasteiger partial charge in [-0.1, -0.05) is 44.0 Å². The fourth-order valence-electron chi connectivity index (χ4n) is 1.37. The summed E-state index contributed by atoms with van der Waals surface area (Å²) in [6.45, 7) is 1.54. The van der Waals surface area contributed by atoms with Crippen molar-refractivity contribution in [3.63, 3.8) is 0 Å². The monoisotopic (exact) mass is 335 g/mol. The van der Waals surface area contributed by atoms with E-state index >= 15 is 0 Å². The molecule has 1 unspecified atom stereocenters. The Morgan fingerprint density at radius 3 is 2.47 bits per heavy atom. The average molecular weight is 337 g/mol. The minimum absolute atomic E-state index is 0.301. The van der Waals surface area contributed by atoms with Gasteiger partial charge in [0.05, 0.1) is 6.10 Å². The molecule has 1 aromatic carbocycles. The molecule has 0 fully saturated rings. The van der Waals surface area contributed by atoms with E-state index in [1.807, 2.05) is 19.2 Å². The van der Waals surface area contributed by atoms with Gasteiger partial charge in [0.1, 0.15) is 0 Å². The Morgan fingerprint density at radius 2 is 1.93 bits per heavy atom. The van der Waals surface area contributed by atoms with E-state index in [4.69, 9.17) is 0 Å². The Bertz CT molecular complexity index is 289. The van der Waals surface area contributed by atoms with E-state index in [0.29, 0.717) is 11.9 Å². The van der Waals surface area contributed by atoms with Crippen molar-refractivity contribution in [2.45, 2.75) is 12.6 Å². The van der Waals surface area contributed by atoms with Crippen LogP contribution in [0.5, 0.6) is 0 Å². The molecule has 84 valence electrons. The van der Waals surface area contributed by atoms with Crippen molar-refractivity contribution < 1.29 is 5.11 Å². The number of benzene rings is 1. The second kappa shape index (κ2) is 6.63. The summed E-state index contributed by atoms with van der Waals surface area (Å²) in [5.41, 5.74) is 1.25. The first kappa shape index (κ1) is 13.2. The van der Waals surface area contributed by atoms with Crippen LogP contribution in [0.3, 0.4) is 0 Å². The molecule has 0 aliphatic carbocycles. The fraction of sp³-hybridized carbons (Fsp3) is 0.455. The molecule has 0 aromatic heterocycles. The number of halogens is 2. The molecule has 1 rings (SSSR count). The van der Waals surface area contributed by atoms with Gasteiger partial charge in [-0.05, 0) is 24.7 Å². The van der Waals surface area contributed by atoms with E-state index in [1.54, 1.807) is 0 Å². The minimum Gasteiger partial charge on any atom is -0.391 e. The molecule has 0 aliphatic heterocycles. The molecule has 0 heterocycles. The van der Waals surface area contributed by atoms with Crippen LogP contribution in [-0.2, 0) is 6.54 Å². The van der Waals surface area contributed by atoms with Gasteiger partial charge in [-0.25, -0.2) is 0 Å². The molecule has 0 spiro atoms. The summed E-state index contributed by atoms with van der Waals surface area (Å²) in [5, 5.41) is 10.1. The third kappa shape index (κ3) is 5.11. The number of likely N-dealkylation sites (N-methyl/N-ethyl adjacent to an activating group) is 1. The average Bonchev–Trinajstić information content (AvgIpc) is 2.21. The molecule has 0 saturated carbocycles. The van der Waals surface area contributed by atoms with Gasteiger partial charge in [-0.15, -0.1) is 0 Å². The van der Waals surface area contributed by atoms with E-state index < -0.39 is 0 Å². The molecule has 15 heavy (non-hydrogen) atoms. The van der Waals surface area contributed by atoms with Crippen molar-refractivity contribution in [3.8, 4) is 0 Å². The van der Waals surface area contributed by atoms with E-state index in [9.17, 15) is 5.11 Å². The summed E-state index contributed by atoms with van der Waals surface area (Å²) in [4.78, 5) is 2.11. The third-order valence-electron chi connectivity index (χ3n) is 2.07. The first-order valence-corrected chi connectivity index (χ1v) is 6.70. The van der Waals surface area contributed by atoms with Crippen molar-refractivity contribution in [1.82, 2.24) is 4.90 Å². The molecule has 1 atom stereocenters. The maximum Gasteiger partial charge on any atom is 0.0763 e. The van der Waals surface area contributed by atoms with Gasteiger partial charge in [0.2, 0.25) is 0 Å². The molecule has 0 saturated heterocycles. The summed E-state index contributed by atoms with van der Waals surface area (Å²) in [7, 11) is 2.01. The number of hydrogen-bond acceptors (Lipinski definition) is 2. The van der Waals surface area contributed by atoms with Crippen LogP contribution in [0, 0.1) is 0 Å². The molecular weight excluding hydrogens is 322 g/mol. The maximum atomic E-state index is 9.45.